The molecule has 15 heavy (non-hydrogen) atoms. The largest absolute Gasteiger partial charge is 0.398 e. The van der Waals surface area contributed by atoms with E-state index in [9.17, 15) is 0 Å². The monoisotopic (exact) mass is 217 g/mol. The summed E-state index contributed by atoms with van der Waals surface area (Å²) in [5.41, 5.74) is 9.77. The third-order valence-electron chi connectivity index (χ3n) is 2.39. The molecule has 0 unspecified atom stereocenters. The van der Waals surface area contributed by atoms with E-state index in [0.29, 0.717) is 10.7 Å². The van der Waals surface area contributed by atoms with Gasteiger partial charge < -0.3 is 5.73 Å². The predicted molar refractivity (Wildman–Crippen MR) is 66.0 cm³/mol. The molecule has 0 atom stereocenters. The molecule has 0 aliphatic heterocycles. The van der Waals surface area contributed by atoms with Gasteiger partial charge in [0.05, 0.1) is 10.7 Å². The Bertz CT molecular complexity index is 474. The van der Waals surface area contributed by atoms with Crippen molar-refractivity contribution in [1.82, 2.24) is 0 Å². The molecule has 0 radical (unpaired) electrons. The molecule has 2 aromatic carbocycles. The average molecular weight is 218 g/mol. The molecule has 0 aliphatic rings. The summed E-state index contributed by atoms with van der Waals surface area (Å²) in [6, 6.07) is 14.0. The molecule has 0 saturated heterocycles. The normalized spacial score (nSPS) is 10.3. The quantitative estimate of drug-likeness (QED) is 0.721. The smallest absolute Gasteiger partial charge is 0.0641 e. The fourth-order valence-electron chi connectivity index (χ4n) is 1.45. The molecule has 0 bridgehead atoms. The van der Waals surface area contributed by atoms with Gasteiger partial charge in [-0.2, -0.15) is 0 Å². The molecule has 0 aliphatic carbocycles. The lowest BCUT2D eigenvalue weighted by Gasteiger charge is -2.04. The van der Waals surface area contributed by atoms with E-state index < -0.39 is 0 Å². The van der Waals surface area contributed by atoms with Gasteiger partial charge in [0.2, 0.25) is 0 Å². The lowest BCUT2D eigenvalue weighted by Crippen LogP contribution is -1.86. The Labute approximate surface area is 94.5 Å². The Morgan fingerprint density at radius 2 is 1.53 bits per heavy atom. The van der Waals surface area contributed by atoms with Gasteiger partial charge in [0.1, 0.15) is 0 Å². The van der Waals surface area contributed by atoms with Crippen molar-refractivity contribution >= 4 is 17.3 Å². The number of anilines is 1. The fourth-order valence-corrected chi connectivity index (χ4v) is 1.63. The molecule has 0 heterocycles. The zero-order chi connectivity index (χ0) is 10.8. The van der Waals surface area contributed by atoms with Crippen LogP contribution in [0.25, 0.3) is 11.1 Å². The molecule has 2 heteroatoms. The van der Waals surface area contributed by atoms with Crippen LogP contribution in [0.15, 0.2) is 42.5 Å². The van der Waals surface area contributed by atoms with Crippen molar-refractivity contribution in [3.8, 4) is 11.1 Å². The first-order valence-electron chi connectivity index (χ1n) is 4.79. The first-order valence-corrected chi connectivity index (χ1v) is 5.17. The summed E-state index contributed by atoms with van der Waals surface area (Å²) < 4.78 is 0. The first kappa shape index (κ1) is 10.1. The maximum Gasteiger partial charge on any atom is 0.0641 e. The Hall–Kier alpha value is -1.47. The lowest BCUT2D eigenvalue weighted by molar-refractivity contribution is 1.47. The standard InChI is InChI=1S/C13H12ClN/c1-9-2-4-10(5-3-9)11-6-7-13(15)12(14)8-11/h2-8H,15H2,1H3. The van der Waals surface area contributed by atoms with Gasteiger partial charge in [-0.3, -0.25) is 0 Å². The maximum absolute atomic E-state index is 5.97. The van der Waals surface area contributed by atoms with Crippen molar-refractivity contribution < 1.29 is 0 Å². The molecule has 0 aromatic heterocycles. The summed E-state index contributed by atoms with van der Waals surface area (Å²) in [4.78, 5) is 0. The highest BCUT2D eigenvalue weighted by molar-refractivity contribution is 6.33. The SMILES string of the molecule is Cc1ccc(-c2ccc(N)c(Cl)c2)cc1. The number of nitrogens with two attached hydrogens (primary N) is 1. The van der Waals surface area contributed by atoms with E-state index in [0.717, 1.165) is 11.1 Å². The van der Waals surface area contributed by atoms with Crippen molar-refractivity contribution in [1.29, 1.82) is 0 Å². The van der Waals surface area contributed by atoms with Gasteiger partial charge in [-0.05, 0) is 30.2 Å². The molecule has 2 N–H and O–H groups in total. The van der Waals surface area contributed by atoms with Gasteiger partial charge in [0, 0.05) is 0 Å². The Kier molecular flexibility index (Phi) is 2.65. The number of hydrogen-bond acceptors (Lipinski definition) is 1. The van der Waals surface area contributed by atoms with Crippen LogP contribution in [0.3, 0.4) is 0 Å². The van der Waals surface area contributed by atoms with Crippen molar-refractivity contribution in [2.24, 2.45) is 0 Å². The molecule has 0 amide bonds. The minimum absolute atomic E-state index is 0.605. The highest BCUT2D eigenvalue weighted by Gasteiger charge is 2.00. The number of benzene rings is 2. The molecule has 0 saturated carbocycles. The zero-order valence-corrected chi connectivity index (χ0v) is 9.25. The van der Waals surface area contributed by atoms with Crippen LogP contribution in [0.2, 0.25) is 5.02 Å². The summed E-state index contributed by atoms with van der Waals surface area (Å²) in [5, 5.41) is 0.605. The second-order valence-corrected chi connectivity index (χ2v) is 4.01. The fraction of sp³-hybridized carbons (Fsp3) is 0.0769. The number of halogens is 1. The highest BCUT2D eigenvalue weighted by atomic mass is 35.5. The molecule has 2 rings (SSSR count). The van der Waals surface area contributed by atoms with E-state index in [-0.39, 0.29) is 0 Å². The molecule has 2 aromatic rings. The van der Waals surface area contributed by atoms with Crippen LogP contribution in [-0.2, 0) is 0 Å². The number of rotatable bonds is 1. The Morgan fingerprint density at radius 3 is 2.13 bits per heavy atom. The third-order valence-corrected chi connectivity index (χ3v) is 2.71. The molecule has 0 fully saturated rings. The maximum atomic E-state index is 5.97. The van der Waals surface area contributed by atoms with Gasteiger partial charge in [-0.15, -0.1) is 0 Å². The van der Waals surface area contributed by atoms with Crippen molar-refractivity contribution in [3.05, 3.63) is 53.1 Å². The molecule has 1 nitrogen and oxygen atoms in total. The summed E-state index contributed by atoms with van der Waals surface area (Å²) in [7, 11) is 0. The lowest BCUT2D eigenvalue weighted by atomic mass is 10.0. The second kappa shape index (κ2) is 3.95. The Morgan fingerprint density at radius 1 is 0.933 bits per heavy atom. The van der Waals surface area contributed by atoms with E-state index in [4.69, 9.17) is 17.3 Å². The van der Waals surface area contributed by atoms with E-state index >= 15 is 0 Å². The van der Waals surface area contributed by atoms with Gasteiger partial charge in [0.15, 0.2) is 0 Å². The summed E-state index contributed by atoms with van der Waals surface area (Å²) >= 11 is 5.97. The van der Waals surface area contributed by atoms with E-state index in [1.165, 1.54) is 5.56 Å². The topological polar surface area (TPSA) is 26.0 Å². The third kappa shape index (κ3) is 2.13. The van der Waals surface area contributed by atoms with E-state index in [1.807, 2.05) is 18.2 Å². The van der Waals surface area contributed by atoms with Crippen LogP contribution in [0, 0.1) is 6.92 Å². The summed E-state index contributed by atoms with van der Waals surface area (Å²) in [5.74, 6) is 0. The minimum atomic E-state index is 0.605. The summed E-state index contributed by atoms with van der Waals surface area (Å²) in [6.07, 6.45) is 0. The van der Waals surface area contributed by atoms with Crippen LogP contribution in [0.1, 0.15) is 5.56 Å². The van der Waals surface area contributed by atoms with Crippen LogP contribution >= 0.6 is 11.6 Å². The van der Waals surface area contributed by atoms with Crippen molar-refractivity contribution in [2.75, 3.05) is 5.73 Å². The van der Waals surface area contributed by atoms with Gasteiger partial charge in [0.25, 0.3) is 0 Å². The van der Waals surface area contributed by atoms with Gasteiger partial charge >= 0.3 is 0 Å². The second-order valence-electron chi connectivity index (χ2n) is 3.60. The molecule has 0 spiro atoms. The van der Waals surface area contributed by atoms with Crippen molar-refractivity contribution in [2.45, 2.75) is 6.92 Å². The van der Waals surface area contributed by atoms with Crippen LogP contribution in [0.4, 0.5) is 5.69 Å². The number of hydrogen-bond donors (Lipinski definition) is 1. The highest BCUT2D eigenvalue weighted by Crippen LogP contribution is 2.26. The zero-order valence-electron chi connectivity index (χ0n) is 8.50. The van der Waals surface area contributed by atoms with Crippen molar-refractivity contribution in [3.63, 3.8) is 0 Å². The van der Waals surface area contributed by atoms with Crippen LogP contribution in [0.5, 0.6) is 0 Å². The first-order chi connectivity index (χ1) is 7.16. The Balaban J connectivity index is 2.45. The van der Waals surface area contributed by atoms with Gasteiger partial charge in [-0.25, -0.2) is 0 Å². The van der Waals surface area contributed by atoms with Gasteiger partial charge in [-0.1, -0.05) is 47.5 Å². The molecule has 76 valence electrons. The number of aryl methyl sites for hydroxylation is 1. The minimum Gasteiger partial charge on any atom is -0.398 e. The summed E-state index contributed by atoms with van der Waals surface area (Å²) in [6.45, 7) is 2.07. The van der Waals surface area contributed by atoms with Crippen LogP contribution < -0.4 is 5.73 Å². The molecular formula is C13H12ClN. The van der Waals surface area contributed by atoms with Crippen LogP contribution in [-0.4, -0.2) is 0 Å². The average Bonchev–Trinajstić information content (AvgIpc) is 2.23. The predicted octanol–water partition coefficient (Wildman–Crippen LogP) is 3.90. The van der Waals surface area contributed by atoms with E-state index in [1.54, 1.807) is 0 Å². The van der Waals surface area contributed by atoms with E-state index in [2.05, 4.69) is 31.2 Å². The molecular weight excluding hydrogens is 206 g/mol. The number of nitrogen functional groups attached to an aromatic ring is 1.